The number of hydrogen-bond donors (Lipinski definition) is 1. The van der Waals surface area contributed by atoms with Crippen LogP contribution >= 0.6 is 11.8 Å². The van der Waals surface area contributed by atoms with E-state index in [0.717, 1.165) is 29.1 Å². The first-order valence-corrected chi connectivity index (χ1v) is 11.7. The minimum Gasteiger partial charge on any atom is -0.333 e. The fourth-order valence-electron chi connectivity index (χ4n) is 3.27. The minimum atomic E-state index is -0.200. The van der Waals surface area contributed by atoms with E-state index in [1.165, 1.54) is 11.8 Å². The summed E-state index contributed by atoms with van der Waals surface area (Å²) < 4.78 is 2.00. The number of rotatable bonds is 10. The van der Waals surface area contributed by atoms with Crippen molar-refractivity contribution in [2.75, 3.05) is 24.2 Å². The molecule has 168 valence electrons. The monoisotopic (exact) mass is 451 g/mol. The van der Waals surface area contributed by atoms with Gasteiger partial charge in [0.05, 0.1) is 18.8 Å². The van der Waals surface area contributed by atoms with E-state index in [1.54, 1.807) is 4.90 Å². The Bertz CT molecular complexity index is 1050. The van der Waals surface area contributed by atoms with E-state index < -0.39 is 0 Å². The average molecular weight is 452 g/mol. The van der Waals surface area contributed by atoms with Gasteiger partial charge in [-0.05, 0) is 37.5 Å². The molecule has 0 aliphatic carbocycles. The van der Waals surface area contributed by atoms with Crippen LogP contribution in [0.25, 0.3) is 0 Å². The summed E-state index contributed by atoms with van der Waals surface area (Å²) in [5.74, 6) is 0.703. The molecular formula is C24H29N5O2S. The van der Waals surface area contributed by atoms with Gasteiger partial charge in [-0.1, -0.05) is 67.2 Å². The zero-order valence-corrected chi connectivity index (χ0v) is 19.6. The van der Waals surface area contributed by atoms with Gasteiger partial charge >= 0.3 is 0 Å². The quantitative estimate of drug-likeness (QED) is 0.473. The van der Waals surface area contributed by atoms with E-state index in [-0.39, 0.29) is 24.1 Å². The van der Waals surface area contributed by atoms with Gasteiger partial charge in [0.2, 0.25) is 11.8 Å². The van der Waals surface area contributed by atoms with Crippen LogP contribution in [-0.2, 0) is 16.1 Å². The lowest BCUT2D eigenvalue weighted by Crippen LogP contribution is -2.39. The number of carbonyl (C=O) groups is 2. The van der Waals surface area contributed by atoms with Crippen LogP contribution in [0.15, 0.2) is 59.8 Å². The summed E-state index contributed by atoms with van der Waals surface area (Å²) in [6.45, 7) is 7.03. The first-order valence-electron chi connectivity index (χ1n) is 10.7. The zero-order chi connectivity index (χ0) is 22.9. The van der Waals surface area contributed by atoms with Gasteiger partial charge in [0.15, 0.2) is 5.16 Å². The van der Waals surface area contributed by atoms with E-state index in [2.05, 4.69) is 27.6 Å². The lowest BCUT2D eigenvalue weighted by molar-refractivity contribution is -0.132. The van der Waals surface area contributed by atoms with Crippen LogP contribution in [0.4, 0.5) is 5.69 Å². The minimum absolute atomic E-state index is 0.0251. The van der Waals surface area contributed by atoms with Crippen molar-refractivity contribution in [3.05, 3.63) is 71.5 Å². The van der Waals surface area contributed by atoms with Crippen molar-refractivity contribution in [1.29, 1.82) is 0 Å². The van der Waals surface area contributed by atoms with Crippen molar-refractivity contribution < 1.29 is 9.59 Å². The molecule has 0 aliphatic rings. The van der Waals surface area contributed by atoms with Gasteiger partial charge in [-0.25, -0.2) is 0 Å². The van der Waals surface area contributed by atoms with Crippen molar-refractivity contribution in [2.24, 2.45) is 0 Å². The Hall–Kier alpha value is -3.13. The Morgan fingerprint density at radius 2 is 1.75 bits per heavy atom. The summed E-state index contributed by atoms with van der Waals surface area (Å²) in [5, 5.41) is 12.0. The van der Waals surface area contributed by atoms with Gasteiger partial charge in [0, 0.05) is 12.2 Å². The van der Waals surface area contributed by atoms with Crippen molar-refractivity contribution in [3.63, 3.8) is 0 Å². The molecule has 0 bridgehead atoms. The molecule has 7 nitrogen and oxygen atoms in total. The smallest absolute Gasteiger partial charge is 0.244 e. The first-order chi connectivity index (χ1) is 15.5. The van der Waals surface area contributed by atoms with Gasteiger partial charge in [0.1, 0.15) is 5.82 Å². The number of anilines is 1. The van der Waals surface area contributed by atoms with Crippen LogP contribution in [0.1, 0.15) is 30.3 Å². The molecule has 8 heteroatoms. The summed E-state index contributed by atoms with van der Waals surface area (Å²) in [6.07, 6.45) is 0.775. The largest absolute Gasteiger partial charge is 0.333 e. The average Bonchev–Trinajstić information content (AvgIpc) is 3.13. The molecule has 0 saturated heterocycles. The summed E-state index contributed by atoms with van der Waals surface area (Å²) in [4.78, 5) is 27.1. The molecule has 3 rings (SSSR count). The number of para-hydroxylation sites is 1. The maximum atomic E-state index is 12.9. The maximum Gasteiger partial charge on any atom is 0.244 e. The molecule has 0 spiro atoms. The molecule has 0 saturated carbocycles. The Labute approximate surface area is 193 Å². The van der Waals surface area contributed by atoms with Crippen LogP contribution in [0.2, 0.25) is 0 Å². The molecule has 0 unspecified atom stereocenters. The standard InChI is InChI=1S/C24H29N5O2S/c1-4-14-28(16-22(30)25-21-13-9-8-10-18(21)2)23(31)17-32-24-27-26-19(3)29(24)15-20-11-6-5-7-12-20/h5-13H,4,14-17H2,1-3H3,(H,25,30). The molecule has 0 radical (unpaired) electrons. The van der Waals surface area contributed by atoms with E-state index in [1.807, 2.05) is 67.8 Å². The van der Waals surface area contributed by atoms with Gasteiger partial charge in [0.25, 0.3) is 0 Å². The van der Waals surface area contributed by atoms with E-state index in [0.29, 0.717) is 18.2 Å². The number of nitrogens with one attached hydrogen (secondary N) is 1. The van der Waals surface area contributed by atoms with Gasteiger partial charge in [-0.2, -0.15) is 0 Å². The van der Waals surface area contributed by atoms with Crippen molar-refractivity contribution in [1.82, 2.24) is 19.7 Å². The molecule has 0 aliphatic heterocycles. The van der Waals surface area contributed by atoms with Gasteiger partial charge in [-0.3, -0.25) is 9.59 Å². The number of carbonyl (C=O) groups excluding carboxylic acids is 2. The molecule has 2 amide bonds. The van der Waals surface area contributed by atoms with Crippen molar-refractivity contribution >= 4 is 29.3 Å². The van der Waals surface area contributed by atoms with Crippen LogP contribution in [0, 0.1) is 13.8 Å². The van der Waals surface area contributed by atoms with Crippen molar-refractivity contribution in [3.8, 4) is 0 Å². The highest BCUT2D eigenvalue weighted by atomic mass is 32.2. The fourth-order valence-corrected chi connectivity index (χ4v) is 4.16. The molecule has 1 aromatic heterocycles. The second kappa shape index (κ2) is 11.5. The van der Waals surface area contributed by atoms with Gasteiger partial charge < -0.3 is 14.8 Å². The molecule has 32 heavy (non-hydrogen) atoms. The third kappa shape index (κ3) is 6.43. The van der Waals surface area contributed by atoms with E-state index >= 15 is 0 Å². The molecule has 1 heterocycles. The Morgan fingerprint density at radius 1 is 1.03 bits per heavy atom. The third-order valence-corrected chi connectivity index (χ3v) is 5.96. The predicted octanol–water partition coefficient (Wildman–Crippen LogP) is 3.91. The fraction of sp³-hybridized carbons (Fsp3) is 0.333. The molecule has 2 aromatic carbocycles. The molecule has 3 aromatic rings. The molecule has 1 N–H and O–H groups in total. The van der Waals surface area contributed by atoms with Crippen LogP contribution < -0.4 is 5.32 Å². The Balaban J connectivity index is 1.60. The third-order valence-electron chi connectivity index (χ3n) is 5.01. The lowest BCUT2D eigenvalue weighted by Gasteiger charge is -2.21. The second-order valence-corrected chi connectivity index (χ2v) is 8.51. The summed E-state index contributed by atoms with van der Waals surface area (Å²) in [7, 11) is 0. The zero-order valence-electron chi connectivity index (χ0n) is 18.7. The number of benzene rings is 2. The number of aryl methyl sites for hydroxylation is 2. The lowest BCUT2D eigenvalue weighted by atomic mass is 10.2. The van der Waals surface area contributed by atoms with Crippen LogP contribution in [-0.4, -0.2) is 50.3 Å². The summed E-state index contributed by atoms with van der Waals surface area (Å²) in [5.41, 5.74) is 2.89. The summed E-state index contributed by atoms with van der Waals surface area (Å²) in [6, 6.07) is 17.7. The van der Waals surface area contributed by atoms with E-state index in [9.17, 15) is 9.59 Å². The highest BCUT2D eigenvalue weighted by molar-refractivity contribution is 7.99. The normalized spacial score (nSPS) is 10.7. The van der Waals surface area contributed by atoms with E-state index in [4.69, 9.17) is 0 Å². The Morgan fingerprint density at radius 3 is 2.47 bits per heavy atom. The highest BCUT2D eigenvalue weighted by Gasteiger charge is 2.19. The predicted molar refractivity (Wildman–Crippen MR) is 128 cm³/mol. The molecule has 0 atom stereocenters. The molecule has 0 fully saturated rings. The van der Waals surface area contributed by atoms with Crippen LogP contribution in [0.5, 0.6) is 0 Å². The number of hydrogen-bond acceptors (Lipinski definition) is 5. The number of aromatic nitrogens is 3. The first kappa shape index (κ1) is 23.5. The SMILES string of the molecule is CCCN(CC(=O)Nc1ccccc1C)C(=O)CSc1nnc(C)n1Cc1ccccc1. The number of nitrogens with zero attached hydrogens (tertiary/aromatic N) is 4. The van der Waals surface area contributed by atoms with Crippen LogP contribution in [0.3, 0.4) is 0 Å². The maximum absolute atomic E-state index is 12.9. The Kier molecular flexibility index (Phi) is 8.44. The van der Waals surface area contributed by atoms with Gasteiger partial charge in [-0.15, -0.1) is 10.2 Å². The number of amides is 2. The molecular weight excluding hydrogens is 422 g/mol. The second-order valence-electron chi connectivity index (χ2n) is 7.57. The summed E-state index contributed by atoms with van der Waals surface area (Å²) >= 11 is 1.35. The van der Waals surface area contributed by atoms with Crippen molar-refractivity contribution in [2.45, 2.75) is 38.9 Å². The number of thioether (sulfide) groups is 1. The topological polar surface area (TPSA) is 80.1 Å². The highest BCUT2D eigenvalue weighted by Crippen LogP contribution is 2.19.